The van der Waals surface area contributed by atoms with E-state index in [1.165, 1.54) is 0 Å². The summed E-state index contributed by atoms with van der Waals surface area (Å²) in [7, 11) is 0. The van der Waals surface area contributed by atoms with Crippen LogP contribution in [0.15, 0.2) is 72.1 Å². The number of fused-ring (bicyclic) bond motifs is 3. The number of hydrogen-bond acceptors (Lipinski definition) is 2. The second-order valence-electron chi connectivity index (χ2n) is 7.41. The van der Waals surface area contributed by atoms with Crippen LogP contribution in [0.3, 0.4) is 0 Å². The molecule has 0 unspecified atom stereocenters. The first kappa shape index (κ1) is 18.6. The van der Waals surface area contributed by atoms with Crippen molar-refractivity contribution >= 4 is 39.0 Å². The van der Waals surface area contributed by atoms with Crippen LogP contribution in [-0.2, 0) is 6.54 Å². The van der Waals surface area contributed by atoms with Crippen molar-refractivity contribution in [3.05, 3.63) is 94.6 Å². The number of rotatable bonds is 4. The minimum atomic E-state index is -0.469. The van der Waals surface area contributed by atoms with E-state index in [-0.39, 0.29) is 5.82 Å². The highest BCUT2D eigenvalue weighted by Gasteiger charge is 2.18. The number of carbonyl (C=O) groups is 1. The van der Waals surface area contributed by atoms with Gasteiger partial charge in [-0.05, 0) is 47.7 Å². The van der Waals surface area contributed by atoms with E-state index in [0.29, 0.717) is 23.2 Å². The molecule has 5 rings (SSSR count). The van der Waals surface area contributed by atoms with Gasteiger partial charge in [0.15, 0.2) is 0 Å². The number of nitrogens with zero attached hydrogens (tertiary/aromatic N) is 1. The second kappa shape index (κ2) is 7.11. The van der Waals surface area contributed by atoms with E-state index in [4.69, 9.17) is 5.73 Å². The SMILES string of the molecule is Cc1cccc(Cn2c3cc(-c4cccs4)ccc3c3c(C(N)=O)cccc32)c1F. The largest absolute Gasteiger partial charge is 0.366 e. The molecule has 30 heavy (non-hydrogen) atoms. The van der Waals surface area contributed by atoms with Crippen molar-refractivity contribution < 1.29 is 9.18 Å². The Morgan fingerprint density at radius 2 is 1.87 bits per heavy atom. The fourth-order valence-electron chi connectivity index (χ4n) is 4.12. The Hall–Kier alpha value is -3.44. The lowest BCUT2D eigenvalue weighted by molar-refractivity contribution is 0.100. The van der Waals surface area contributed by atoms with Gasteiger partial charge >= 0.3 is 0 Å². The van der Waals surface area contributed by atoms with Crippen LogP contribution in [0.1, 0.15) is 21.5 Å². The maximum absolute atomic E-state index is 14.8. The Bertz CT molecular complexity index is 1420. The summed E-state index contributed by atoms with van der Waals surface area (Å²) in [5, 5.41) is 3.79. The van der Waals surface area contributed by atoms with Crippen molar-refractivity contribution in [1.82, 2.24) is 4.57 Å². The lowest BCUT2D eigenvalue weighted by Gasteiger charge is -2.11. The van der Waals surface area contributed by atoms with Crippen molar-refractivity contribution in [2.75, 3.05) is 0 Å². The van der Waals surface area contributed by atoms with E-state index in [9.17, 15) is 9.18 Å². The van der Waals surface area contributed by atoms with Crippen LogP contribution in [0.25, 0.3) is 32.2 Å². The topological polar surface area (TPSA) is 48.0 Å². The maximum atomic E-state index is 14.8. The van der Waals surface area contributed by atoms with Crippen LogP contribution >= 0.6 is 11.3 Å². The Morgan fingerprint density at radius 1 is 1.03 bits per heavy atom. The number of aryl methyl sites for hydroxylation is 1. The second-order valence-corrected chi connectivity index (χ2v) is 8.36. The molecule has 0 bridgehead atoms. The van der Waals surface area contributed by atoms with E-state index >= 15 is 0 Å². The molecular weight excluding hydrogens is 395 g/mol. The van der Waals surface area contributed by atoms with Gasteiger partial charge in [-0.2, -0.15) is 0 Å². The number of amides is 1. The number of hydrogen-bond donors (Lipinski definition) is 1. The van der Waals surface area contributed by atoms with Crippen molar-refractivity contribution in [1.29, 1.82) is 0 Å². The van der Waals surface area contributed by atoms with Gasteiger partial charge in [-0.15, -0.1) is 11.3 Å². The zero-order chi connectivity index (χ0) is 20.8. The zero-order valence-electron chi connectivity index (χ0n) is 16.4. The number of aromatic nitrogens is 1. The highest BCUT2D eigenvalue weighted by atomic mass is 32.1. The number of thiophene rings is 1. The molecule has 148 valence electrons. The van der Waals surface area contributed by atoms with Crippen LogP contribution in [0, 0.1) is 12.7 Å². The molecule has 0 saturated carbocycles. The molecule has 1 amide bonds. The predicted octanol–water partition coefficient (Wildman–Crippen LogP) is 6.12. The summed E-state index contributed by atoms with van der Waals surface area (Å²) in [4.78, 5) is 13.3. The summed E-state index contributed by atoms with van der Waals surface area (Å²) in [5.41, 5.74) is 10.3. The normalized spacial score (nSPS) is 11.4. The molecule has 0 saturated heterocycles. The minimum absolute atomic E-state index is 0.201. The first-order valence-electron chi connectivity index (χ1n) is 9.67. The van der Waals surface area contributed by atoms with E-state index in [1.807, 2.05) is 35.7 Å². The van der Waals surface area contributed by atoms with Gasteiger partial charge in [0.2, 0.25) is 5.91 Å². The van der Waals surface area contributed by atoms with Gasteiger partial charge in [-0.3, -0.25) is 4.79 Å². The Balaban J connectivity index is 1.83. The molecule has 2 heterocycles. The van der Waals surface area contributed by atoms with Crippen molar-refractivity contribution in [3.63, 3.8) is 0 Å². The molecule has 0 spiro atoms. The molecule has 0 aliphatic carbocycles. The van der Waals surface area contributed by atoms with Crippen LogP contribution in [0.4, 0.5) is 4.39 Å². The number of primary amides is 1. The van der Waals surface area contributed by atoms with Gasteiger partial charge in [-0.1, -0.05) is 42.5 Å². The molecule has 3 aromatic carbocycles. The lowest BCUT2D eigenvalue weighted by atomic mass is 10.0. The van der Waals surface area contributed by atoms with Gasteiger partial charge in [0, 0.05) is 26.8 Å². The molecule has 0 aliphatic rings. The minimum Gasteiger partial charge on any atom is -0.366 e. The molecule has 0 fully saturated rings. The summed E-state index contributed by atoms with van der Waals surface area (Å²) in [6, 6.07) is 21.3. The smallest absolute Gasteiger partial charge is 0.249 e. The van der Waals surface area contributed by atoms with Crippen LogP contribution in [0.5, 0.6) is 0 Å². The number of carbonyl (C=O) groups excluding carboxylic acids is 1. The Kier molecular flexibility index (Phi) is 4.40. The fraction of sp³-hybridized carbons (Fsp3) is 0.0800. The third-order valence-electron chi connectivity index (χ3n) is 5.56. The molecule has 0 atom stereocenters. The van der Waals surface area contributed by atoms with E-state index < -0.39 is 5.91 Å². The summed E-state index contributed by atoms with van der Waals surface area (Å²) in [5.74, 6) is -0.670. The average Bonchev–Trinajstić information content (AvgIpc) is 3.38. The van der Waals surface area contributed by atoms with Gasteiger partial charge in [-0.25, -0.2) is 4.39 Å². The van der Waals surface area contributed by atoms with Gasteiger partial charge in [0.1, 0.15) is 5.82 Å². The molecular formula is C25H19FN2OS. The zero-order valence-corrected chi connectivity index (χ0v) is 17.2. The number of nitrogens with two attached hydrogens (primary N) is 1. The monoisotopic (exact) mass is 414 g/mol. The first-order chi connectivity index (χ1) is 14.5. The highest BCUT2D eigenvalue weighted by Crippen LogP contribution is 2.36. The van der Waals surface area contributed by atoms with Crippen molar-refractivity contribution in [3.8, 4) is 10.4 Å². The Morgan fingerprint density at radius 3 is 2.63 bits per heavy atom. The molecule has 2 N–H and O–H groups in total. The lowest BCUT2D eigenvalue weighted by Crippen LogP contribution is -2.11. The highest BCUT2D eigenvalue weighted by molar-refractivity contribution is 7.13. The first-order valence-corrected chi connectivity index (χ1v) is 10.5. The molecule has 2 aromatic heterocycles. The summed E-state index contributed by atoms with van der Waals surface area (Å²) in [6.07, 6.45) is 0. The molecule has 3 nitrogen and oxygen atoms in total. The molecule has 0 aliphatic heterocycles. The van der Waals surface area contributed by atoms with E-state index in [2.05, 4.69) is 22.8 Å². The van der Waals surface area contributed by atoms with Gasteiger partial charge in [0.25, 0.3) is 0 Å². The van der Waals surface area contributed by atoms with Crippen molar-refractivity contribution in [2.24, 2.45) is 5.73 Å². The fourth-order valence-corrected chi connectivity index (χ4v) is 4.84. The molecule has 5 aromatic rings. The van der Waals surface area contributed by atoms with Crippen LogP contribution in [0.2, 0.25) is 0 Å². The maximum Gasteiger partial charge on any atom is 0.249 e. The summed E-state index contributed by atoms with van der Waals surface area (Å²) >= 11 is 1.67. The van der Waals surface area contributed by atoms with Crippen LogP contribution < -0.4 is 5.73 Å². The molecule has 0 radical (unpaired) electrons. The summed E-state index contributed by atoms with van der Waals surface area (Å²) in [6.45, 7) is 2.13. The summed E-state index contributed by atoms with van der Waals surface area (Å²) < 4.78 is 16.9. The van der Waals surface area contributed by atoms with Gasteiger partial charge < -0.3 is 10.3 Å². The standard InChI is InChI=1S/C25H19FN2OS/c1-15-5-2-6-17(24(15)26)14-28-20-8-3-7-19(25(27)29)23(20)18-11-10-16(13-21(18)28)22-9-4-12-30-22/h2-13H,14H2,1H3,(H2,27,29). The Labute approximate surface area is 177 Å². The number of benzene rings is 3. The van der Waals surface area contributed by atoms with E-state index in [0.717, 1.165) is 32.2 Å². The quantitative estimate of drug-likeness (QED) is 0.378. The van der Waals surface area contributed by atoms with Crippen molar-refractivity contribution in [2.45, 2.75) is 13.5 Å². The molecule has 5 heteroatoms. The average molecular weight is 415 g/mol. The third-order valence-corrected chi connectivity index (χ3v) is 6.48. The third kappa shape index (κ3) is 2.90. The van der Waals surface area contributed by atoms with E-state index in [1.54, 1.807) is 36.5 Å². The predicted molar refractivity (Wildman–Crippen MR) is 122 cm³/mol. The van der Waals surface area contributed by atoms with Crippen LogP contribution in [-0.4, -0.2) is 10.5 Å². The number of halogens is 1. The van der Waals surface area contributed by atoms with Gasteiger partial charge in [0.05, 0.1) is 17.6 Å².